The van der Waals surface area contributed by atoms with Gasteiger partial charge in [0.25, 0.3) is 0 Å². The summed E-state index contributed by atoms with van der Waals surface area (Å²) in [7, 11) is 0. The van der Waals surface area contributed by atoms with Gasteiger partial charge in [0.05, 0.1) is 11.9 Å². The number of hydrogen-bond acceptors (Lipinski definition) is 4. The zero-order valence-corrected chi connectivity index (χ0v) is 13.7. The molecule has 0 amide bonds. The largest absolute Gasteiger partial charge is 0.294 e. The molecule has 0 fully saturated rings. The van der Waals surface area contributed by atoms with E-state index >= 15 is 0 Å². The molecule has 0 radical (unpaired) electrons. The molecule has 0 unspecified atom stereocenters. The first-order chi connectivity index (χ1) is 10.6. The van der Waals surface area contributed by atoms with Crippen molar-refractivity contribution >= 4 is 23.2 Å². The molecule has 0 saturated carbocycles. The van der Waals surface area contributed by atoms with Crippen molar-refractivity contribution < 1.29 is 0 Å². The van der Waals surface area contributed by atoms with Crippen LogP contribution in [0.3, 0.4) is 0 Å². The van der Waals surface area contributed by atoms with Crippen LogP contribution in [-0.4, -0.2) is 15.8 Å². The Morgan fingerprint density at radius 1 is 1.18 bits per heavy atom. The minimum Gasteiger partial charge on any atom is -0.294 e. The molecule has 1 N–H and O–H groups in total. The van der Waals surface area contributed by atoms with Gasteiger partial charge in [0.2, 0.25) is 0 Å². The number of nitrogens with zero attached hydrogens (tertiary/aromatic N) is 3. The van der Waals surface area contributed by atoms with Crippen LogP contribution in [0.15, 0.2) is 47.0 Å². The van der Waals surface area contributed by atoms with Crippen LogP contribution in [0, 0.1) is 20.8 Å². The average molecular weight is 310 g/mol. The lowest BCUT2D eigenvalue weighted by Gasteiger charge is -2.04. The van der Waals surface area contributed by atoms with Crippen LogP contribution in [0.4, 0.5) is 5.69 Å². The molecule has 0 saturated heterocycles. The van der Waals surface area contributed by atoms with E-state index in [1.165, 1.54) is 5.56 Å². The van der Waals surface area contributed by atoms with Crippen LogP contribution < -0.4 is 5.43 Å². The number of benzene rings is 1. The summed E-state index contributed by atoms with van der Waals surface area (Å²) in [5, 5.41) is 7.31. The van der Waals surface area contributed by atoms with E-state index in [9.17, 15) is 0 Å². The number of hydrogen-bond donors (Lipinski definition) is 1. The molecular weight excluding hydrogens is 292 g/mol. The fourth-order valence-corrected chi connectivity index (χ4v) is 3.09. The fourth-order valence-electron chi connectivity index (χ4n) is 2.34. The van der Waals surface area contributed by atoms with E-state index in [1.807, 2.05) is 29.9 Å². The highest BCUT2D eigenvalue weighted by molar-refractivity contribution is 7.12. The number of rotatable bonds is 4. The molecule has 0 aliphatic carbocycles. The lowest BCUT2D eigenvalue weighted by Crippen LogP contribution is -1.99. The van der Waals surface area contributed by atoms with Gasteiger partial charge in [-0.3, -0.25) is 9.99 Å². The van der Waals surface area contributed by atoms with E-state index in [1.54, 1.807) is 11.3 Å². The van der Waals surface area contributed by atoms with Gasteiger partial charge in [0.15, 0.2) is 5.13 Å². The first-order valence-electron chi connectivity index (χ1n) is 7.09. The minimum absolute atomic E-state index is 0.982. The van der Waals surface area contributed by atoms with Gasteiger partial charge in [0, 0.05) is 28.5 Å². The summed E-state index contributed by atoms with van der Waals surface area (Å²) >= 11 is 1.63. The Labute approximate surface area is 134 Å². The molecule has 0 atom stereocenters. The van der Waals surface area contributed by atoms with Crippen LogP contribution in [-0.2, 0) is 0 Å². The second-order valence-corrected chi connectivity index (χ2v) is 6.09. The maximum atomic E-state index is 4.38. The molecule has 1 aromatic carbocycles. The highest BCUT2D eigenvalue weighted by Crippen LogP contribution is 2.21. The van der Waals surface area contributed by atoms with E-state index in [4.69, 9.17) is 0 Å². The zero-order chi connectivity index (χ0) is 15.5. The van der Waals surface area contributed by atoms with E-state index in [0.29, 0.717) is 0 Å². The molecule has 22 heavy (non-hydrogen) atoms. The van der Waals surface area contributed by atoms with Crippen LogP contribution in [0.1, 0.15) is 22.5 Å². The Kier molecular flexibility index (Phi) is 4.06. The van der Waals surface area contributed by atoms with Crippen molar-refractivity contribution in [1.82, 2.24) is 9.55 Å². The lowest BCUT2D eigenvalue weighted by atomic mass is 10.2. The molecule has 0 aliphatic rings. The quantitative estimate of drug-likeness (QED) is 0.576. The van der Waals surface area contributed by atoms with Crippen LogP contribution >= 0.6 is 11.3 Å². The van der Waals surface area contributed by atoms with Gasteiger partial charge in [-0.2, -0.15) is 5.10 Å². The van der Waals surface area contributed by atoms with Gasteiger partial charge >= 0.3 is 0 Å². The zero-order valence-electron chi connectivity index (χ0n) is 12.9. The third-order valence-electron chi connectivity index (χ3n) is 3.53. The predicted molar refractivity (Wildman–Crippen MR) is 93.3 cm³/mol. The number of thiazole rings is 1. The molecule has 5 heteroatoms. The number of hydrazone groups is 1. The second-order valence-electron chi connectivity index (χ2n) is 5.21. The topological polar surface area (TPSA) is 42.2 Å². The van der Waals surface area contributed by atoms with Crippen molar-refractivity contribution in [3.8, 4) is 5.13 Å². The maximum Gasteiger partial charge on any atom is 0.193 e. The molecule has 0 bridgehead atoms. The van der Waals surface area contributed by atoms with E-state index in [-0.39, 0.29) is 0 Å². The van der Waals surface area contributed by atoms with Crippen LogP contribution in [0.5, 0.6) is 0 Å². The summed E-state index contributed by atoms with van der Waals surface area (Å²) < 4.78 is 2.15. The number of anilines is 1. The minimum atomic E-state index is 0.982. The Morgan fingerprint density at radius 2 is 1.95 bits per heavy atom. The first kappa shape index (κ1) is 14.5. The Balaban J connectivity index is 1.80. The van der Waals surface area contributed by atoms with Crippen molar-refractivity contribution in [2.45, 2.75) is 20.8 Å². The molecule has 112 valence electrons. The third-order valence-corrected chi connectivity index (χ3v) is 4.29. The second kappa shape index (κ2) is 6.15. The summed E-state index contributed by atoms with van der Waals surface area (Å²) in [6.07, 6.45) is 3.68. The van der Waals surface area contributed by atoms with E-state index in [0.717, 1.165) is 27.8 Å². The molecule has 4 nitrogen and oxygen atoms in total. The maximum absolute atomic E-state index is 4.38. The molecule has 2 heterocycles. The Bertz CT molecular complexity index is 783. The number of aryl methyl sites for hydroxylation is 2. The highest BCUT2D eigenvalue weighted by Gasteiger charge is 2.10. The summed E-state index contributed by atoms with van der Waals surface area (Å²) in [5.74, 6) is 0. The van der Waals surface area contributed by atoms with Gasteiger partial charge in [-0.25, -0.2) is 4.98 Å². The SMILES string of the molecule is Cc1ccc(N/N=C\c2cc(C)n(-c3nccs3)c2C)cc1. The normalized spacial score (nSPS) is 11.2. The lowest BCUT2D eigenvalue weighted by molar-refractivity contribution is 0.949. The average Bonchev–Trinajstić information content (AvgIpc) is 3.10. The monoisotopic (exact) mass is 310 g/mol. The molecule has 0 spiro atoms. The molecular formula is C17H18N4S. The van der Waals surface area contributed by atoms with Gasteiger partial charge in [-0.1, -0.05) is 17.7 Å². The van der Waals surface area contributed by atoms with Crippen molar-refractivity contribution in [3.05, 3.63) is 64.4 Å². The van der Waals surface area contributed by atoms with E-state index in [2.05, 4.69) is 59.0 Å². The first-order valence-corrected chi connectivity index (χ1v) is 7.97. The molecule has 2 aromatic heterocycles. The molecule has 3 rings (SSSR count). The van der Waals surface area contributed by atoms with Gasteiger partial charge in [0.1, 0.15) is 0 Å². The summed E-state index contributed by atoms with van der Waals surface area (Å²) in [6.45, 7) is 6.24. The van der Waals surface area contributed by atoms with E-state index < -0.39 is 0 Å². The highest BCUT2D eigenvalue weighted by atomic mass is 32.1. The summed E-state index contributed by atoms with van der Waals surface area (Å²) in [4.78, 5) is 4.38. The van der Waals surface area contributed by atoms with Gasteiger partial charge in [-0.15, -0.1) is 11.3 Å². The van der Waals surface area contributed by atoms with Gasteiger partial charge < -0.3 is 0 Å². The van der Waals surface area contributed by atoms with Gasteiger partial charge in [-0.05, 0) is 39.0 Å². The van der Waals surface area contributed by atoms with Crippen molar-refractivity contribution in [3.63, 3.8) is 0 Å². The van der Waals surface area contributed by atoms with Crippen LogP contribution in [0.2, 0.25) is 0 Å². The molecule has 0 aliphatic heterocycles. The number of nitrogens with one attached hydrogen (secondary N) is 1. The Morgan fingerprint density at radius 3 is 2.64 bits per heavy atom. The van der Waals surface area contributed by atoms with Crippen LogP contribution in [0.25, 0.3) is 5.13 Å². The standard InChI is InChI=1S/C17H18N4S/c1-12-4-6-16(7-5-12)20-19-11-15-10-13(2)21(14(15)3)17-18-8-9-22-17/h4-11,20H,1-3H3/b19-11-. The predicted octanol–water partition coefficient (Wildman–Crippen LogP) is 4.31. The Hall–Kier alpha value is -2.40. The van der Waals surface area contributed by atoms with Crippen molar-refractivity contribution in [2.75, 3.05) is 5.43 Å². The number of aromatic nitrogens is 2. The van der Waals surface area contributed by atoms with Crippen molar-refractivity contribution in [1.29, 1.82) is 0 Å². The van der Waals surface area contributed by atoms with Crippen molar-refractivity contribution in [2.24, 2.45) is 5.10 Å². The smallest absolute Gasteiger partial charge is 0.193 e. The fraction of sp³-hybridized carbons (Fsp3) is 0.176. The molecule has 3 aromatic rings. The summed E-state index contributed by atoms with van der Waals surface area (Å²) in [5.41, 5.74) is 8.67. The third kappa shape index (κ3) is 2.94. The summed E-state index contributed by atoms with van der Waals surface area (Å²) in [6, 6.07) is 10.3.